The van der Waals surface area contributed by atoms with E-state index in [-0.39, 0.29) is 24.9 Å². The average Bonchev–Trinajstić information content (AvgIpc) is 2.95. The predicted molar refractivity (Wildman–Crippen MR) is 175 cm³/mol. The summed E-state index contributed by atoms with van der Waals surface area (Å²) in [6.07, 6.45) is 29.7. The summed E-state index contributed by atoms with van der Waals surface area (Å²) < 4.78 is 0. The van der Waals surface area contributed by atoms with Gasteiger partial charge >= 0.3 is 11.9 Å². The molecule has 0 rings (SSSR count). The second-order valence-electron chi connectivity index (χ2n) is 12.1. The van der Waals surface area contributed by atoms with Gasteiger partial charge in [0.2, 0.25) is 5.91 Å². The van der Waals surface area contributed by atoms with Crippen molar-refractivity contribution in [1.82, 2.24) is 5.32 Å². The van der Waals surface area contributed by atoms with Crippen molar-refractivity contribution in [1.29, 1.82) is 0 Å². The minimum absolute atomic E-state index is 0.0261. The molecule has 0 aliphatic rings. The Balaban J connectivity index is 0. The molecule has 7 heteroatoms. The van der Waals surface area contributed by atoms with Crippen LogP contribution in [0.5, 0.6) is 0 Å². The van der Waals surface area contributed by atoms with Crippen LogP contribution in [-0.2, 0) is 14.4 Å². The largest absolute Gasteiger partial charge is 0.481 e. The minimum atomic E-state index is -1.19. The van der Waals surface area contributed by atoms with Gasteiger partial charge in [0.15, 0.2) is 0 Å². The summed E-state index contributed by atoms with van der Waals surface area (Å²) in [6.45, 7) is 6.71. The molecule has 250 valence electrons. The molecule has 0 fully saturated rings. The van der Waals surface area contributed by atoms with Gasteiger partial charge < -0.3 is 20.6 Å². The molecule has 7 nitrogen and oxygen atoms in total. The lowest BCUT2D eigenvalue weighted by Crippen LogP contribution is -2.41. The number of rotatable bonds is 30. The van der Waals surface area contributed by atoms with Gasteiger partial charge in [-0.1, -0.05) is 156 Å². The van der Waals surface area contributed by atoms with Gasteiger partial charge in [-0.3, -0.25) is 9.59 Å². The summed E-state index contributed by atoms with van der Waals surface area (Å²) in [4.78, 5) is 33.1. The van der Waals surface area contributed by atoms with Crippen molar-refractivity contribution >= 4 is 17.8 Å². The number of carboxylic acids is 2. The molecule has 0 aromatic heterocycles. The van der Waals surface area contributed by atoms with Crippen LogP contribution in [0.1, 0.15) is 194 Å². The average molecular weight is 600 g/mol. The maximum absolute atomic E-state index is 11.7. The highest BCUT2D eigenvalue weighted by Crippen LogP contribution is 2.14. The molecule has 0 aliphatic heterocycles. The molecule has 0 aromatic carbocycles. The zero-order chi connectivity index (χ0) is 31.7. The van der Waals surface area contributed by atoms with Gasteiger partial charge in [0.1, 0.15) is 6.04 Å². The molecule has 0 saturated carbocycles. The van der Waals surface area contributed by atoms with Crippen LogP contribution in [-0.4, -0.2) is 45.3 Å². The van der Waals surface area contributed by atoms with E-state index in [2.05, 4.69) is 26.1 Å². The van der Waals surface area contributed by atoms with E-state index in [4.69, 9.17) is 10.2 Å². The van der Waals surface area contributed by atoms with Crippen molar-refractivity contribution in [2.24, 2.45) is 0 Å². The van der Waals surface area contributed by atoms with Crippen molar-refractivity contribution in [3.8, 4) is 0 Å². The van der Waals surface area contributed by atoms with Crippen molar-refractivity contribution in [2.75, 3.05) is 0 Å². The first-order valence-corrected chi connectivity index (χ1v) is 17.7. The van der Waals surface area contributed by atoms with Crippen LogP contribution in [0, 0.1) is 0 Å². The molecular formula is C35H69NO6. The highest BCUT2D eigenvalue weighted by Gasteiger charge is 2.20. The van der Waals surface area contributed by atoms with E-state index >= 15 is 0 Å². The van der Waals surface area contributed by atoms with Crippen molar-refractivity contribution < 1.29 is 29.7 Å². The first-order valence-electron chi connectivity index (χ1n) is 17.7. The Kier molecular flexibility index (Phi) is 34.3. The van der Waals surface area contributed by atoms with E-state index in [9.17, 15) is 19.5 Å². The molecule has 0 saturated heterocycles. The second-order valence-corrected chi connectivity index (χ2v) is 12.1. The maximum atomic E-state index is 11.7. The molecule has 42 heavy (non-hydrogen) atoms. The molecule has 1 amide bonds. The van der Waals surface area contributed by atoms with Gasteiger partial charge in [-0.05, 0) is 25.7 Å². The molecule has 0 aliphatic carbocycles. The standard InChI is InChI=1S/C18H38O.C17H31NO5/c1-3-5-7-9-11-13-15-17-18(19)16-14-12-10-8-6-4-2;1-2-3-4-5-6-7-8-9-10-11-15(19)18-14(17(22)23)12-13-16(20)21/h18-19H,3-17H2,1-2H3;14H,2-13H2,1H3,(H,18,19)(H,20,21)(H,22,23)/t;14-/m.0/s1. The van der Waals surface area contributed by atoms with E-state index in [0.717, 1.165) is 32.1 Å². The van der Waals surface area contributed by atoms with Gasteiger partial charge in [-0.15, -0.1) is 0 Å². The Labute approximate surface area is 259 Å². The quantitative estimate of drug-likeness (QED) is 0.0609. The van der Waals surface area contributed by atoms with Crippen LogP contribution >= 0.6 is 0 Å². The number of hydrogen-bond donors (Lipinski definition) is 4. The van der Waals surface area contributed by atoms with Crippen LogP contribution in [0.2, 0.25) is 0 Å². The van der Waals surface area contributed by atoms with Crippen molar-refractivity contribution in [2.45, 2.75) is 206 Å². The monoisotopic (exact) mass is 600 g/mol. The fourth-order valence-electron chi connectivity index (χ4n) is 5.03. The predicted octanol–water partition coefficient (Wildman–Crippen LogP) is 9.58. The Morgan fingerprint density at radius 3 is 1.21 bits per heavy atom. The summed E-state index contributed by atoms with van der Waals surface area (Å²) in [7, 11) is 0. The van der Waals surface area contributed by atoms with E-state index in [1.807, 2.05) is 0 Å². The molecule has 1 unspecified atom stereocenters. The van der Waals surface area contributed by atoms with Gasteiger partial charge in [0, 0.05) is 12.8 Å². The number of hydrogen-bond acceptors (Lipinski definition) is 4. The number of unbranched alkanes of at least 4 members (excludes halogenated alkanes) is 19. The topological polar surface area (TPSA) is 124 Å². The van der Waals surface area contributed by atoms with Crippen LogP contribution in [0.25, 0.3) is 0 Å². The van der Waals surface area contributed by atoms with Crippen molar-refractivity contribution in [3.05, 3.63) is 0 Å². The summed E-state index contributed by atoms with van der Waals surface area (Å²) in [5, 5.41) is 29.8. The van der Waals surface area contributed by atoms with Gasteiger partial charge in [-0.25, -0.2) is 4.79 Å². The van der Waals surface area contributed by atoms with E-state index in [0.29, 0.717) is 6.42 Å². The third-order valence-electron chi connectivity index (χ3n) is 7.82. The lowest BCUT2D eigenvalue weighted by Gasteiger charge is -2.13. The third kappa shape index (κ3) is 34.6. The normalized spacial score (nSPS) is 12.3. The van der Waals surface area contributed by atoms with Crippen LogP contribution < -0.4 is 5.32 Å². The first kappa shape index (κ1) is 42.5. The van der Waals surface area contributed by atoms with Crippen LogP contribution in [0.4, 0.5) is 0 Å². The number of carbonyl (C=O) groups is 3. The Bertz CT molecular complexity index is 612. The number of aliphatic carboxylic acids is 2. The van der Waals surface area contributed by atoms with Crippen molar-refractivity contribution in [3.63, 3.8) is 0 Å². The fraction of sp³-hybridized carbons (Fsp3) is 0.914. The zero-order valence-electron chi connectivity index (χ0n) is 27.8. The molecule has 0 aromatic rings. The summed E-state index contributed by atoms with van der Waals surface area (Å²) in [6, 6.07) is -1.11. The minimum Gasteiger partial charge on any atom is -0.481 e. The molecule has 0 spiro atoms. The van der Waals surface area contributed by atoms with Crippen LogP contribution in [0.3, 0.4) is 0 Å². The zero-order valence-corrected chi connectivity index (χ0v) is 27.8. The maximum Gasteiger partial charge on any atom is 0.326 e. The molecular weight excluding hydrogens is 530 g/mol. The summed E-state index contributed by atoms with van der Waals surface area (Å²) in [5.74, 6) is -2.57. The van der Waals surface area contributed by atoms with E-state index in [1.165, 1.54) is 122 Å². The Hall–Kier alpha value is -1.63. The highest BCUT2D eigenvalue weighted by molar-refractivity contribution is 5.83. The SMILES string of the molecule is CCCCCCCCCC(O)CCCCCCCC.CCCCCCCCCCCC(=O)N[C@@H](CCC(=O)O)C(=O)O. The smallest absolute Gasteiger partial charge is 0.326 e. The molecule has 4 N–H and O–H groups in total. The summed E-state index contributed by atoms with van der Waals surface area (Å²) >= 11 is 0. The Morgan fingerprint density at radius 1 is 0.500 bits per heavy atom. The third-order valence-corrected chi connectivity index (χ3v) is 7.82. The first-order chi connectivity index (χ1) is 20.3. The summed E-state index contributed by atoms with van der Waals surface area (Å²) in [5.41, 5.74) is 0. The van der Waals surface area contributed by atoms with E-state index < -0.39 is 18.0 Å². The molecule has 0 bridgehead atoms. The lowest BCUT2D eigenvalue weighted by molar-refractivity contribution is -0.143. The number of aliphatic hydroxyl groups is 1. The highest BCUT2D eigenvalue weighted by atomic mass is 16.4. The second kappa shape index (κ2) is 33.9. The fourth-order valence-corrected chi connectivity index (χ4v) is 5.03. The lowest BCUT2D eigenvalue weighted by atomic mass is 10.0. The van der Waals surface area contributed by atoms with Gasteiger partial charge in [0.25, 0.3) is 0 Å². The molecule has 0 radical (unpaired) electrons. The molecule has 2 atom stereocenters. The van der Waals surface area contributed by atoms with E-state index in [1.54, 1.807) is 0 Å². The van der Waals surface area contributed by atoms with Gasteiger partial charge in [0.05, 0.1) is 6.10 Å². The molecule has 0 heterocycles. The number of carbonyl (C=O) groups excluding carboxylic acids is 1. The number of nitrogens with one attached hydrogen (secondary N) is 1. The van der Waals surface area contributed by atoms with Gasteiger partial charge in [-0.2, -0.15) is 0 Å². The number of amides is 1. The van der Waals surface area contributed by atoms with Crippen LogP contribution in [0.15, 0.2) is 0 Å². The Morgan fingerprint density at radius 2 is 0.857 bits per heavy atom. The number of aliphatic hydroxyl groups excluding tert-OH is 1. The number of carboxylic acid groups (broad SMARTS) is 2.